The number of ether oxygens (including phenoxy) is 2. The first-order valence-electron chi connectivity index (χ1n) is 15.8. The normalized spacial score (nSPS) is 39.8. The van der Waals surface area contributed by atoms with E-state index in [4.69, 9.17) is 35.5 Å². The summed E-state index contributed by atoms with van der Waals surface area (Å²) < 4.78 is 155. The number of hydrogen-bond donors (Lipinski definition) is 2. The van der Waals surface area contributed by atoms with Gasteiger partial charge in [0.1, 0.15) is 18.4 Å². The first-order valence-corrected chi connectivity index (χ1v) is 6.30. The molecule has 1 atom stereocenters. The van der Waals surface area contributed by atoms with E-state index < -0.39 is 70.7 Å². The predicted molar refractivity (Wildman–Crippen MR) is 88.3 cm³/mol. The first-order chi connectivity index (χ1) is 17.9. The standard InChI is InChI=1S/C18H29NO3/c1-14(2)19-11-17(20)13-22-18-7-5-15(6-8-18)9-10-21-12-16-3-4-16/h5-8,14,16-17,19-20H,3-4,9-13H2,1-2H3/i1D3,2D3,3D2,4D2,11D2,12D2,13D2,14D,16D,17D. The Balaban J connectivity index is 2.13. The van der Waals surface area contributed by atoms with Gasteiger partial charge in [-0.1, -0.05) is 25.8 Å². The van der Waals surface area contributed by atoms with Gasteiger partial charge in [0.15, 0.2) is 0 Å². The van der Waals surface area contributed by atoms with Crippen molar-refractivity contribution in [2.24, 2.45) is 5.89 Å². The van der Waals surface area contributed by atoms with Crippen LogP contribution in [0.4, 0.5) is 0 Å². The van der Waals surface area contributed by atoms with Crippen LogP contribution in [0.25, 0.3) is 0 Å². The summed E-state index contributed by atoms with van der Waals surface area (Å²) in [7, 11) is 0. The van der Waals surface area contributed by atoms with Crippen molar-refractivity contribution >= 4 is 0 Å². The van der Waals surface area contributed by atoms with Crippen molar-refractivity contribution in [3.05, 3.63) is 29.8 Å². The summed E-state index contributed by atoms with van der Waals surface area (Å²) in [5.74, 6) is -3.18. The van der Waals surface area contributed by atoms with Gasteiger partial charge in [0.05, 0.1) is 13.5 Å². The van der Waals surface area contributed by atoms with Crippen LogP contribution in [0.2, 0.25) is 0 Å². The minimum absolute atomic E-state index is 0.0422. The van der Waals surface area contributed by atoms with Gasteiger partial charge in [0.25, 0.3) is 0 Å². The molecular weight excluding hydrogens is 278 g/mol. The zero-order chi connectivity index (χ0) is 32.5. The summed E-state index contributed by atoms with van der Waals surface area (Å²) >= 11 is 0. The van der Waals surface area contributed by atoms with Crippen molar-refractivity contribution in [3.63, 3.8) is 0 Å². The van der Waals surface area contributed by atoms with Gasteiger partial charge in [-0.2, -0.15) is 0 Å². The molecule has 2 rings (SSSR count). The van der Waals surface area contributed by atoms with Gasteiger partial charge in [-0.3, -0.25) is 0 Å². The molecule has 0 saturated heterocycles. The SMILES string of the molecule is [2H]C([2H])([2H])C([2H])(NC([2H])([2H])C([2H])(O)C([2H])([2H])Oc1ccc(CCOC([2H])([2H])C2([2H])C([2H])([2H])C2([2H])[2H])cc1)C([2H])([2H])[2H]. The van der Waals surface area contributed by atoms with Crippen molar-refractivity contribution < 1.29 is 40.6 Å². The maximum absolute atomic E-state index is 10.5. The summed E-state index contributed by atoms with van der Waals surface area (Å²) in [6.45, 7) is -18.4. The predicted octanol–water partition coefficient (Wildman–Crippen LogP) is 2.39. The Labute approximate surface area is 160 Å². The number of rotatable bonds is 11. The molecule has 1 aromatic carbocycles. The molecule has 0 heterocycles. The zero-order valence-corrected chi connectivity index (χ0v) is 11.5. The van der Waals surface area contributed by atoms with E-state index in [1.807, 2.05) is 0 Å². The first kappa shape index (κ1) is 4.95. The third-order valence-electron chi connectivity index (χ3n) is 2.41. The Hall–Kier alpha value is -1.10. The van der Waals surface area contributed by atoms with Crippen molar-refractivity contribution in [2.45, 2.75) is 45.0 Å². The average Bonchev–Trinajstić information content (AvgIpc) is 3.10. The molecule has 0 bridgehead atoms. The van der Waals surface area contributed by atoms with Crippen molar-refractivity contribution in [1.82, 2.24) is 5.32 Å². The second kappa shape index (κ2) is 9.13. The van der Waals surface area contributed by atoms with E-state index in [1.54, 1.807) is 0 Å². The monoisotopic (exact) mass is 326 g/mol. The van der Waals surface area contributed by atoms with Crippen LogP contribution in [0.3, 0.4) is 0 Å². The van der Waals surface area contributed by atoms with Crippen molar-refractivity contribution in [1.29, 1.82) is 0 Å². The molecule has 0 amide bonds. The van der Waals surface area contributed by atoms with E-state index in [9.17, 15) is 5.11 Å². The summed E-state index contributed by atoms with van der Waals surface area (Å²) in [5.41, 5.74) is 0.405. The fraction of sp³-hybridized carbons (Fsp3) is 0.667. The summed E-state index contributed by atoms with van der Waals surface area (Å²) in [5, 5.41) is 11.7. The molecule has 1 aliphatic carbocycles. The van der Waals surface area contributed by atoms with Crippen molar-refractivity contribution in [2.75, 3.05) is 26.2 Å². The maximum atomic E-state index is 10.5. The third kappa shape index (κ3) is 7.25. The molecule has 4 heteroatoms. The molecule has 4 nitrogen and oxygen atoms in total. The molecule has 0 radical (unpaired) electrons. The van der Waals surface area contributed by atoms with Gasteiger partial charge in [0, 0.05) is 38.3 Å². The Morgan fingerprint density at radius 3 is 2.95 bits per heavy atom. The molecule has 22 heavy (non-hydrogen) atoms. The van der Waals surface area contributed by atoms with Gasteiger partial charge in [-0.15, -0.1) is 0 Å². The molecule has 124 valence electrons. The lowest BCUT2D eigenvalue weighted by Crippen LogP contribution is -2.35. The third-order valence-corrected chi connectivity index (χ3v) is 2.41. The highest BCUT2D eigenvalue weighted by molar-refractivity contribution is 5.27. The minimum atomic E-state index is -4.02. The zero-order valence-electron chi connectivity index (χ0n) is 30.5. The van der Waals surface area contributed by atoms with E-state index in [-0.39, 0.29) is 12.2 Å². The second-order valence-electron chi connectivity index (χ2n) is 4.15. The van der Waals surface area contributed by atoms with Crippen LogP contribution in [0.15, 0.2) is 24.3 Å². The molecule has 1 aliphatic rings. The molecular formula is C18H29NO3. The molecule has 0 spiro atoms. The van der Waals surface area contributed by atoms with E-state index in [1.165, 1.54) is 17.4 Å². The highest BCUT2D eigenvalue weighted by atomic mass is 16.5. The Kier molecular flexibility index (Phi) is 2.05. The summed E-state index contributed by atoms with van der Waals surface area (Å²) in [4.78, 5) is 0. The lowest BCUT2D eigenvalue weighted by atomic mass is 10.1. The highest BCUT2D eigenvalue weighted by Gasteiger charge is 2.20. The number of aliphatic hydroxyl groups is 1. The van der Waals surface area contributed by atoms with Crippen LogP contribution in [-0.2, 0) is 11.2 Å². The van der Waals surface area contributed by atoms with E-state index >= 15 is 0 Å². The van der Waals surface area contributed by atoms with Crippen LogP contribution in [-0.4, -0.2) is 43.4 Å². The Morgan fingerprint density at radius 2 is 2.27 bits per heavy atom. The topological polar surface area (TPSA) is 50.7 Å². The lowest BCUT2D eigenvalue weighted by molar-refractivity contribution is 0.104. The Morgan fingerprint density at radius 1 is 1.50 bits per heavy atom. The van der Waals surface area contributed by atoms with Crippen LogP contribution in [0.1, 0.15) is 58.1 Å². The molecule has 1 unspecified atom stereocenters. The number of hydrogen-bond acceptors (Lipinski definition) is 4. The smallest absolute Gasteiger partial charge is 0.119 e. The minimum Gasteiger partial charge on any atom is -0.491 e. The Bertz CT molecular complexity index is 1070. The quantitative estimate of drug-likeness (QED) is 0.655. The fourth-order valence-corrected chi connectivity index (χ4v) is 1.35. The number of benzene rings is 1. The molecule has 0 aromatic heterocycles. The van der Waals surface area contributed by atoms with Gasteiger partial charge in [-0.05, 0) is 42.8 Å². The second-order valence-corrected chi connectivity index (χ2v) is 4.15. The maximum Gasteiger partial charge on any atom is 0.119 e. The summed E-state index contributed by atoms with van der Waals surface area (Å²) in [6, 6.07) is 1.04. The van der Waals surface area contributed by atoms with Gasteiger partial charge < -0.3 is 19.9 Å². The van der Waals surface area contributed by atoms with E-state index in [0.29, 0.717) is 5.56 Å². The molecule has 1 saturated carbocycles. The van der Waals surface area contributed by atoms with Crippen LogP contribution < -0.4 is 10.1 Å². The van der Waals surface area contributed by atoms with Crippen molar-refractivity contribution in [3.8, 4) is 5.75 Å². The van der Waals surface area contributed by atoms with Crippen LogP contribution in [0.5, 0.6) is 5.75 Å². The molecule has 0 aliphatic heterocycles. The lowest BCUT2D eigenvalue weighted by Gasteiger charge is -2.15. The largest absolute Gasteiger partial charge is 0.491 e. The van der Waals surface area contributed by atoms with E-state index in [2.05, 4.69) is 0 Å². The molecule has 1 fully saturated rings. The molecule has 2 N–H and O–H groups in total. The van der Waals surface area contributed by atoms with Gasteiger partial charge in [0.2, 0.25) is 0 Å². The fourth-order valence-electron chi connectivity index (χ4n) is 1.35. The van der Waals surface area contributed by atoms with Gasteiger partial charge >= 0.3 is 0 Å². The average molecular weight is 327 g/mol. The number of nitrogens with one attached hydrogen (secondary N) is 1. The highest BCUT2D eigenvalue weighted by Crippen LogP contribution is 2.28. The summed E-state index contributed by atoms with van der Waals surface area (Å²) in [6.07, 6.45) is -9.63. The van der Waals surface area contributed by atoms with Gasteiger partial charge in [-0.25, -0.2) is 0 Å². The van der Waals surface area contributed by atoms with Crippen LogP contribution >= 0.6 is 0 Å². The van der Waals surface area contributed by atoms with Crippen LogP contribution in [0, 0.1) is 5.89 Å². The molecule has 1 aromatic rings. The van der Waals surface area contributed by atoms with E-state index in [0.717, 1.165) is 12.1 Å².